The summed E-state index contributed by atoms with van der Waals surface area (Å²) in [7, 11) is 0. The van der Waals surface area contributed by atoms with E-state index in [4.69, 9.17) is 21.4 Å². The van der Waals surface area contributed by atoms with Crippen molar-refractivity contribution >= 4 is 17.6 Å². The molecule has 3 nitrogen and oxygen atoms in total. The van der Waals surface area contributed by atoms with Gasteiger partial charge in [-0.3, -0.25) is 4.89 Å². The summed E-state index contributed by atoms with van der Waals surface area (Å²) in [6.07, 6.45) is 2.61. The lowest BCUT2D eigenvalue weighted by atomic mass is 9.64. The summed E-state index contributed by atoms with van der Waals surface area (Å²) >= 11 is 5.88. The molecule has 1 fully saturated rings. The van der Waals surface area contributed by atoms with Gasteiger partial charge in [-0.05, 0) is 51.3 Å². The highest BCUT2D eigenvalue weighted by molar-refractivity contribution is 6.30. The fourth-order valence-electron chi connectivity index (χ4n) is 2.15. The molecule has 0 unspecified atom stereocenters. The van der Waals surface area contributed by atoms with E-state index < -0.39 is 11.0 Å². The molecule has 4 heteroatoms. The number of carbonyl (C=O) groups is 1. The normalized spacial score (nSPS) is 17.7. The molecule has 0 amide bonds. The molecule has 1 saturated carbocycles. The van der Waals surface area contributed by atoms with E-state index in [0.29, 0.717) is 5.02 Å². The molecule has 1 aliphatic carbocycles. The Balaban J connectivity index is 2.14. The minimum Gasteiger partial charge on any atom is -0.297 e. The Labute approximate surface area is 118 Å². The quantitative estimate of drug-likeness (QED) is 0.620. The summed E-state index contributed by atoms with van der Waals surface area (Å²) in [5.74, 6) is -0.309. The molecule has 0 spiro atoms. The van der Waals surface area contributed by atoms with Crippen molar-refractivity contribution in [2.75, 3.05) is 0 Å². The van der Waals surface area contributed by atoms with Gasteiger partial charge in [-0.1, -0.05) is 30.2 Å². The number of hydrogen-bond donors (Lipinski definition) is 0. The fraction of sp³-hybridized carbons (Fsp3) is 0.533. The highest BCUT2D eigenvalue weighted by Crippen LogP contribution is 2.45. The topological polar surface area (TPSA) is 35.5 Å². The second kappa shape index (κ2) is 5.14. The lowest BCUT2D eigenvalue weighted by molar-refractivity contribution is -0.325. The van der Waals surface area contributed by atoms with Gasteiger partial charge in [0.15, 0.2) is 0 Å². The standard InChI is InChI=1S/C15H19ClO3/c1-14(2,3)19-18-13(17)15(9-4-10-15)11-5-7-12(16)8-6-11/h5-8H,4,9-10H2,1-3H3. The first-order valence-electron chi connectivity index (χ1n) is 6.50. The van der Waals surface area contributed by atoms with Crippen LogP contribution in [0.4, 0.5) is 0 Å². The van der Waals surface area contributed by atoms with Gasteiger partial charge in [0.2, 0.25) is 0 Å². The van der Waals surface area contributed by atoms with Crippen LogP contribution in [0.1, 0.15) is 45.6 Å². The van der Waals surface area contributed by atoms with Crippen LogP contribution in [0.3, 0.4) is 0 Å². The summed E-state index contributed by atoms with van der Waals surface area (Å²) < 4.78 is 0. The van der Waals surface area contributed by atoms with E-state index in [1.54, 1.807) is 12.1 Å². The first kappa shape index (κ1) is 14.4. The predicted molar refractivity (Wildman–Crippen MR) is 73.9 cm³/mol. The van der Waals surface area contributed by atoms with Crippen LogP contribution in [0.15, 0.2) is 24.3 Å². The van der Waals surface area contributed by atoms with Gasteiger partial charge in [-0.25, -0.2) is 4.79 Å². The molecule has 0 atom stereocenters. The van der Waals surface area contributed by atoms with Crippen LogP contribution < -0.4 is 0 Å². The van der Waals surface area contributed by atoms with E-state index in [-0.39, 0.29) is 5.97 Å². The third-order valence-electron chi connectivity index (χ3n) is 3.36. The van der Waals surface area contributed by atoms with Gasteiger partial charge in [-0.2, -0.15) is 4.89 Å². The van der Waals surface area contributed by atoms with Crippen LogP contribution in [0.2, 0.25) is 5.02 Å². The van der Waals surface area contributed by atoms with Crippen LogP contribution in [0.25, 0.3) is 0 Å². The average Bonchev–Trinajstić information content (AvgIpc) is 2.26. The maximum atomic E-state index is 12.3. The van der Waals surface area contributed by atoms with Gasteiger partial charge >= 0.3 is 5.97 Å². The van der Waals surface area contributed by atoms with E-state index >= 15 is 0 Å². The molecule has 0 saturated heterocycles. The minimum absolute atomic E-state index is 0.309. The van der Waals surface area contributed by atoms with Crippen molar-refractivity contribution in [1.29, 1.82) is 0 Å². The van der Waals surface area contributed by atoms with Crippen LogP contribution in [-0.4, -0.2) is 11.6 Å². The smallest absolute Gasteiger partial charge is 0.297 e. The van der Waals surface area contributed by atoms with Crippen molar-refractivity contribution in [2.45, 2.75) is 51.0 Å². The molecule has 0 heterocycles. The van der Waals surface area contributed by atoms with E-state index in [1.807, 2.05) is 32.9 Å². The van der Waals surface area contributed by atoms with Gasteiger partial charge in [0.25, 0.3) is 0 Å². The van der Waals surface area contributed by atoms with E-state index in [0.717, 1.165) is 24.8 Å². The Morgan fingerprint density at radius 2 is 1.79 bits per heavy atom. The summed E-state index contributed by atoms with van der Waals surface area (Å²) in [5, 5.41) is 0.664. The Kier molecular flexibility index (Phi) is 3.88. The van der Waals surface area contributed by atoms with Crippen molar-refractivity contribution in [2.24, 2.45) is 0 Å². The number of rotatable bonds is 3. The highest BCUT2D eigenvalue weighted by atomic mass is 35.5. The zero-order chi connectivity index (χ0) is 14.1. The fourth-order valence-corrected chi connectivity index (χ4v) is 2.28. The van der Waals surface area contributed by atoms with Gasteiger partial charge in [0.05, 0.1) is 5.41 Å². The van der Waals surface area contributed by atoms with Crippen LogP contribution in [0, 0.1) is 0 Å². The Morgan fingerprint density at radius 3 is 2.21 bits per heavy atom. The number of benzene rings is 1. The summed E-state index contributed by atoms with van der Waals surface area (Å²) in [4.78, 5) is 22.5. The summed E-state index contributed by atoms with van der Waals surface area (Å²) in [6, 6.07) is 7.38. The van der Waals surface area contributed by atoms with Crippen LogP contribution >= 0.6 is 11.6 Å². The highest BCUT2D eigenvalue weighted by Gasteiger charge is 2.48. The first-order chi connectivity index (χ1) is 8.83. The van der Waals surface area contributed by atoms with Crippen molar-refractivity contribution in [3.63, 3.8) is 0 Å². The zero-order valence-electron chi connectivity index (χ0n) is 11.5. The zero-order valence-corrected chi connectivity index (χ0v) is 12.3. The van der Waals surface area contributed by atoms with Gasteiger partial charge < -0.3 is 0 Å². The third kappa shape index (κ3) is 3.10. The Morgan fingerprint density at radius 1 is 1.21 bits per heavy atom. The number of hydrogen-bond acceptors (Lipinski definition) is 3. The molecule has 2 rings (SSSR count). The maximum absolute atomic E-state index is 12.3. The van der Waals surface area contributed by atoms with Crippen molar-refractivity contribution in [3.8, 4) is 0 Å². The van der Waals surface area contributed by atoms with E-state index in [9.17, 15) is 4.79 Å². The second-order valence-corrected chi connectivity index (χ2v) is 6.45. The van der Waals surface area contributed by atoms with E-state index in [2.05, 4.69) is 0 Å². The van der Waals surface area contributed by atoms with Crippen LogP contribution in [-0.2, 0) is 20.0 Å². The van der Waals surface area contributed by atoms with Crippen molar-refractivity contribution < 1.29 is 14.6 Å². The SMILES string of the molecule is CC(C)(C)OOC(=O)C1(c2ccc(Cl)cc2)CCC1. The number of halogens is 1. The molecule has 19 heavy (non-hydrogen) atoms. The molecule has 0 N–H and O–H groups in total. The maximum Gasteiger partial charge on any atom is 0.352 e. The molecular formula is C15H19ClO3. The minimum atomic E-state index is -0.560. The Bertz CT molecular complexity index is 455. The van der Waals surface area contributed by atoms with Gasteiger partial charge in [0.1, 0.15) is 5.60 Å². The molecular weight excluding hydrogens is 264 g/mol. The third-order valence-corrected chi connectivity index (χ3v) is 3.61. The molecule has 0 radical (unpaired) electrons. The summed E-state index contributed by atoms with van der Waals surface area (Å²) in [5.41, 5.74) is -0.109. The summed E-state index contributed by atoms with van der Waals surface area (Å²) in [6.45, 7) is 5.53. The van der Waals surface area contributed by atoms with Gasteiger partial charge in [0, 0.05) is 5.02 Å². The monoisotopic (exact) mass is 282 g/mol. The first-order valence-corrected chi connectivity index (χ1v) is 6.87. The van der Waals surface area contributed by atoms with Crippen LogP contribution in [0.5, 0.6) is 0 Å². The molecule has 1 aliphatic rings. The van der Waals surface area contributed by atoms with Gasteiger partial charge in [-0.15, -0.1) is 0 Å². The van der Waals surface area contributed by atoms with E-state index in [1.165, 1.54) is 0 Å². The molecule has 0 aliphatic heterocycles. The number of carbonyl (C=O) groups excluding carboxylic acids is 1. The molecule has 0 aromatic heterocycles. The molecule has 1 aromatic rings. The molecule has 0 bridgehead atoms. The van der Waals surface area contributed by atoms with Crippen molar-refractivity contribution in [1.82, 2.24) is 0 Å². The lowest BCUT2D eigenvalue weighted by Gasteiger charge is -2.39. The largest absolute Gasteiger partial charge is 0.352 e. The predicted octanol–water partition coefficient (Wildman–Crippen LogP) is 4.04. The second-order valence-electron chi connectivity index (χ2n) is 6.01. The molecule has 104 valence electrons. The molecule has 1 aromatic carbocycles. The lowest BCUT2D eigenvalue weighted by Crippen LogP contribution is -2.44. The Hall–Kier alpha value is -1.06. The van der Waals surface area contributed by atoms with Crippen molar-refractivity contribution in [3.05, 3.63) is 34.9 Å². The average molecular weight is 283 g/mol.